The molecule has 2 N–H and O–H groups in total. The largest absolute Gasteiger partial charge is 0.284 e. The molecule has 4 heterocycles. The van der Waals surface area contributed by atoms with Gasteiger partial charge < -0.3 is 0 Å². The second-order valence-corrected chi connectivity index (χ2v) is 11.5. The summed E-state index contributed by atoms with van der Waals surface area (Å²) in [6.07, 6.45) is 20.1. The van der Waals surface area contributed by atoms with Crippen LogP contribution in [0.15, 0.2) is 127 Å². The number of quaternary nitrogens is 1. The molecular formula is C37H41N4+3. The molecule has 0 spiro atoms. The van der Waals surface area contributed by atoms with Gasteiger partial charge in [0.05, 0.1) is 11.6 Å². The number of allylic oxidation sites excluding steroid dienone is 4. The number of para-hydroxylation sites is 2. The van der Waals surface area contributed by atoms with Crippen LogP contribution in [0.1, 0.15) is 59.8 Å². The molecule has 41 heavy (non-hydrogen) atoms. The average Bonchev–Trinajstić information content (AvgIpc) is 3.53. The van der Waals surface area contributed by atoms with Gasteiger partial charge in [0.15, 0.2) is 24.8 Å². The van der Waals surface area contributed by atoms with Gasteiger partial charge in [-0.2, -0.15) is 0 Å². The fourth-order valence-corrected chi connectivity index (χ4v) is 6.20. The number of nitrogens with zero attached hydrogens (tertiary/aromatic N) is 3. The minimum absolute atomic E-state index is 0.346. The van der Waals surface area contributed by atoms with Crippen molar-refractivity contribution in [3.63, 3.8) is 0 Å². The first-order valence-corrected chi connectivity index (χ1v) is 15.0. The topological polar surface area (TPSA) is 36.7 Å². The molecule has 206 valence electrons. The van der Waals surface area contributed by atoms with Gasteiger partial charge in [-0.25, -0.2) is 9.13 Å². The first-order valence-electron chi connectivity index (χ1n) is 15.0. The second kappa shape index (κ2) is 12.6. The molecule has 2 aromatic heterocycles. The van der Waals surface area contributed by atoms with Crippen LogP contribution in [-0.4, -0.2) is 5.71 Å². The SMILES string of the molecule is Cc1cc[n+](CCCC2C(/C=C/C=C3\[NH2+]c4ccccc4C3CCC[n+]3ccc(C)cc3)=Nc3ccccc32)cc1. The Kier molecular flexibility index (Phi) is 8.29. The van der Waals surface area contributed by atoms with Gasteiger partial charge in [0.2, 0.25) is 0 Å². The van der Waals surface area contributed by atoms with Crippen LogP contribution in [-0.2, 0) is 13.1 Å². The molecule has 4 nitrogen and oxygen atoms in total. The van der Waals surface area contributed by atoms with E-state index in [0.717, 1.165) is 44.5 Å². The van der Waals surface area contributed by atoms with E-state index in [9.17, 15) is 0 Å². The highest BCUT2D eigenvalue weighted by Gasteiger charge is 2.31. The standard InChI is InChI=1S/C37H40N4/c1-28-18-24-40(25-19-28)22-8-12-32-30-10-3-5-14-34(30)38-36(32)16-7-17-37-33(31-11-4-6-15-35(31)39-37)13-9-23-41-26-20-29(2)21-27-41/h3-7,10-11,14-21,24-27,32-33,38H,8-9,12-13,22-23H2,1-2H3/q+2/p+1/b17-7+,36-16-. The molecule has 0 radical (unpaired) electrons. The Bertz CT molecular complexity index is 1580. The van der Waals surface area contributed by atoms with Gasteiger partial charge in [-0.05, 0) is 67.7 Å². The van der Waals surface area contributed by atoms with Gasteiger partial charge in [0, 0.05) is 54.3 Å². The first kappa shape index (κ1) is 27.0. The number of rotatable bonds is 10. The van der Waals surface area contributed by atoms with Crippen LogP contribution in [0.3, 0.4) is 0 Å². The molecule has 6 rings (SSSR count). The van der Waals surface area contributed by atoms with E-state index in [1.807, 2.05) is 0 Å². The van der Waals surface area contributed by atoms with Crippen LogP contribution in [0.25, 0.3) is 0 Å². The number of benzene rings is 2. The summed E-state index contributed by atoms with van der Waals surface area (Å²) >= 11 is 0. The van der Waals surface area contributed by atoms with Gasteiger partial charge in [0.25, 0.3) is 0 Å². The molecule has 0 bridgehead atoms. The zero-order valence-corrected chi connectivity index (χ0v) is 24.3. The molecule has 0 aliphatic carbocycles. The van der Waals surface area contributed by atoms with E-state index < -0.39 is 0 Å². The lowest BCUT2D eigenvalue weighted by molar-refractivity contribution is -0.697. The van der Waals surface area contributed by atoms with Crippen molar-refractivity contribution in [1.29, 1.82) is 0 Å². The summed E-state index contributed by atoms with van der Waals surface area (Å²) in [6, 6.07) is 26.3. The minimum atomic E-state index is 0.346. The van der Waals surface area contributed by atoms with Gasteiger partial charge in [-0.3, -0.25) is 10.3 Å². The van der Waals surface area contributed by atoms with E-state index in [-0.39, 0.29) is 0 Å². The summed E-state index contributed by atoms with van der Waals surface area (Å²) in [4.78, 5) is 5.06. The lowest BCUT2D eigenvalue weighted by atomic mass is 9.90. The Morgan fingerprint density at radius 1 is 0.707 bits per heavy atom. The predicted octanol–water partition coefficient (Wildman–Crippen LogP) is 6.44. The van der Waals surface area contributed by atoms with E-state index >= 15 is 0 Å². The normalized spacial score (nSPS) is 18.6. The highest BCUT2D eigenvalue weighted by Crippen LogP contribution is 2.39. The van der Waals surface area contributed by atoms with Crippen molar-refractivity contribution < 1.29 is 14.5 Å². The Morgan fingerprint density at radius 3 is 1.98 bits per heavy atom. The molecule has 2 atom stereocenters. The van der Waals surface area contributed by atoms with Gasteiger partial charge in [0.1, 0.15) is 24.5 Å². The molecule has 2 aliphatic heterocycles. The van der Waals surface area contributed by atoms with Crippen LogP contribution < -0.4 is 14.5 Å². The summed E-state index contributed by atoms with van der Waals surface area (Å²) in [5.74, 6) is 0.783. The van der Waals surface area contributed by atoms with E-state index in [0.29, 0.717) is 11.8 Å². The number of aryl methyl sites for hydroxylation is 4. The lowest BCUT2D eigenvalue weighted by Crippen LogP contribution is -2.73. The maximum Gasteiger partial charge on any atom is 0.169 e. The van der Waals surface area contributed by atoms with Crippen LogP contribution in [0.2, 0.25) is 0 Å². The summed E-state index contributed by atoms with van der Waals surface area (Å²) < 4.78 is 4.59. The number of fused-ring (bicyclic) bond motifs is 2. The van der Waals surface area contributed by atoms with Gasteiger partial charge >= 0.3 is 0 Å². The molecule has 4 aromatic rings. The summed E-state index contributed by atoms with van der Waals surface area (Å²) in [7, 11) is 0. The summed E-state index contributed by atoms with van der Waals surface area (Å²) in [5, 5.41) is 2.38. The Balaban J connectivity index is 1.15. The summed E-state index contributed by atoms with van der Waals surface area (Å²) in [5.41, 5.74) is 10.5. The monoisotopic (exact) mass is 541 g/mol. The first-order chi connectivity index (χ1) is 20.1. The Labute approximate surface area is 244 Å². The molecule has 0 saturated heterocycles. The van der Waals surface area contributed by atoms with Crippen LogP contribution in [0.4, 0.5) is 11.4 Å². The smallest absolute Gasteiger partial charge is 0.169 e. The van der Waals surface area contributed by atoms with Crippen LogP contribution in [0, 0.1) is 13.8 Å². The fourth-order valence-electron chi connectivity index (χ4n) is 6.20. The average molecular weight is 542 g/mol. The van der Waals surface area contributed by atoms with Crippen molar-refractivity contribution in [2.75, 3.05) is 0 Å². The zero-order valence-electron chi connectivity index (χ0n) is 24.3. The zero-order chi connectivity index (χ0) is 28.0. The molecule has 0 amide bonds. The van der Waals surface area contributed by atoms with Crippen molar-refractivity contribution in [1.82, 2.24) is 0 Å². The second-order valence-electron chi connectivity index (χ2n) is 11.5. The van der Waals surface area contributed by atoms with Crippen molar-refractivity contribution >= 4 is 17.1 Å². The molecule has 2 aromatic carbocycles. The van der Waals surface area contributed by atoms with Crippen molar-refractivity contribution in [3.05, 3.63) is 144 Å². The number of nitrogens with two attached hydrogens (primary N) is 1. The van der Waals surface area contributed by atoms with E-state index in [4.69, 9.17) is 4.99 Å². The van der Waals surface area contributed by atoms with Gasteiger partial charge in [-0.15, -0.1) is 0 Å². The summed E-state index contributed by atoms with van der Waals surface area (Å²) in [6.45, 7) is 6.34. The highest BCUT2D eigenvalue weighted by molar-refractivity contribution is 6.05. The molecule has 2 unspecified atom stereocenters. The van der Waals surface area contributed by atoms with Crippen LogP contribution >= 0.6 is 0 Å². The Hall–Kier alpha value is -4.15. The molecular weight excluding hydrogens is 500 g/mol. The quantitative estimate of drug-likeness (QED) is 0.177. The van der Waals surface area contributed by atoms with Gasteiger partial charge in [-0.1, -0.05) is 42.5 Å². The third-order valence-electron chi connectivity index (χ3n) is 8.50. The fraction of sp³-hybridized carbons (Fsp3) is 0.270. The molecule has 2 aliphatic rings. The van der Waals surface area contributed by atoms with Crippen molar-refractivity contribution in [2.24, 2.45) is 4.99 Å². The molecule has 0 saturated carbocycles. The Morgan fingerprint density at radius 2 is 1.29 bits per heavy atom. The molecule has 0 fully saturated rings. The number of aromatic nitrogens is 2. The number of pyridine rings is 2. The van der Waals surface area contributed by atoms with Crippen molar-refractivity contribution in [2.45, 2.75) is 64.5 Å². The van der Waals surface area contributed by atoms with Crippen molar-refractivity contribution in [3.8, 4) is 0 Å². The van der Waals surface area contributed by atoms with E-state index in [1.165, 1.54) is 39.3 Å². The van der Waals surface area contributed by atoms with E-state index in [1.54, 1.807) is 0 Å². The van der Waals surface area contributed by atoms with Crippen LogP contribution in [0.5, 0.6) is 0 Å². The number of hydrogen-bond acceptors (Lipinski definition) is 1. The van der Waals surface area contributed by atoms with E-state index in [2.05, 4.69) is 144 Å². The highest BCUT2D eigenvalue weighted by atomic mass is 14.9. The molecule has 4 heteroatoms. The number of hydrogen-bond donors (Lipinski definition) is 1. The number of aliphatic imine (C=N–C) groups is 1. The maximum absolute atomic E-state index is 5.06. The lowest BCUT2D eigenvalue weighted by Gasteiger charge is -2.12. The maximum atomic E-state index is 5.06. The third kappa shape index (κ3) is 6.44. The predicted molar refractivity (Wildman–Crippen MR) is 165 cm³/mol. The third-order valence-corrected chi connectivity index (χ3v) is 8.50. The minimum Gasteiger partial charge on any atom is -0.284 e.